The molecule has 2 heterocycles. The zero-order chi connectivity index (χ0) is 17.3. The molecule has 136 valence electrons. The highest BCUT2D eigenvalue weighted by atomic mass is 16.7. The van der Waals surface area contributed by atoms with E-state index < -0.39 is 67.8 Å². The molecule has 0 bridgehead atoms. The van der Waals surface area contributed by atoms with E-state index in [1.165, 1.54) is 6.92 Å². The highest BCUT2D eigenvalue weighted by Crippen LogP contribution is 2.23. The number of hydrogen-bond acceptors (Lipinski definition) is 10. The van der Waals surface area contributed by atoms with Crippen LogP contribution in [0, 0.1) is 0 Å². The quantitative estimate of drug-likeness (QED) is 0.261. The van der Waals surface area contributed by atoms with Crippen molar-refractivity contribution in [1.29, 1.82) is 0 Å². The van der Waals surface area contributed by atoms with Crippen molar-refractivity contribution in [2.24, 2.45) is 0 Å². The minimum absolute atomic E-state index is 0.204. The average molecular weight is 340 g/mol. The molecule has 0 aromatic heterocycles. The molecular weight excluding hydrogens is 316 g/mol. The fourth-order valence-corrected chi connectivity index (χ4v) is 2.54. The van der Waals surface area contributed by atoms with E-state index in [0.29, 0.717) is 0 Å². The summed E-state index contributed by atoms with van der Waals surface area (Å²) in [6, 6.07) is 0. The Balaban J connectivity index is 2.07. The summed E-state index contributed by atoms with van der Waals surface area (Å²) in [5.41, 5.74) is 0. The van der Waals surface area contributed by atoms with Gasteiger partial charge in [0.2, 0.25) is 0 Å². The van der Waals surface area contributed by atoms with Crippen molar-refractivity contribution >= 4 is 0 Å². The van der Waals surface area contributed by atoms with Crippen LogP contribution < -0.4 is 0 Å². The Labute approximate surface area is 132 Å². The highest BCUT2D eigenvalue weighted by molar-refractivity contribution is 4.90. The lowest BCUT2D eigenvalue weighted by Gasteiger charge is -2.31. The molecule has 23 heavy (non-hydrogen) atoms. The average Bonchev–Trinajstić information content (AvgIpc) is 2.68. The van der Waals surface area contributed by atoms with Crippen molar-refractivity contribution in [3.8, 4) is 0 Å². The molecule has 2 aliphatic rings. The van der Waals surface area contributed by atoms with Crippen LogP contribution in [0.25, 0.3) is 0 Å². The molecular formula is C13H24O10. The largest absolute Gasteiger partial charge is 0.388 e. The maximum absolute atomic E-state index is 10.0. The van der Waals surface area contributed by atoms with Gasteiger partial charge in [0, 0.05) is 0 Å². The first-order valence-corrected chi connectivity index (χ1v) is 7.39. The summed E-state index contributed by atoms with van der Waals surface area (Å²) in [4.78, 5) is 0. The van der Waals surface area contributed by atoms with Gasteiger partial charge in [-0.15, -0.1) is 0 Å². The molecule has 0 aliphatic carbocycles. The monoisotopic (exact) mass is 340 g/mol. The zero-order valence-corrected chi connectivity index (χ0v) is 12.5. The molecule has 10 heteroatoms. The van der Waals surface area contributed by atoms with E-state index in [1.807, 2.05) is 0 Å². The van der Waals surface area contributed by atoms with Crippen molar-refractivity contribution < 1.29 is 50.0 Å². The van der Waals surface area contributed by atoms with Crippen molar-refractivity contribution in [2.45, 2.75) is 68.1 Å². The Hall–Kier alpha value is -0.400. The molecule has 10 nitrogen and oxygen atoms in total. The van der Waals surface area contributed by atoms with E-state index in [-0.39, 0.29) is 6.61 Å². The number of aliphatic hydroxyl groups excluding tert-OH is 7. The van der Waals surface area contributed by atoms with E-state index in [0.717, 1.165) is 0 Å². The molecule has 7 N–H and O–H groups in total. The summed E-state index contributed by atoms with van der Waals surface area (Å²) >= 11 is 0. The van der Waals surface area contributed by atoms with Crippen molar-refractivity contribution in [3.63, 3.8) is 0 Å². The number of hydrogen-bond donors (Lipinski definition) is 7. The highest BCUT2D eigenvalue weighted by Gasteiger charge is 2.44. The number of aliphatic hydroxyl groups is 7. The van der Waals surface area contributed by atoms with E-state index >= 15 is 0 Å². The lowest BCUT2D eigenvalue weighted by molar-refractivity contribution is -0.251. The Kier molecular flexibility index (Phi) is 6.30. The van der Waals surface area contributed by atoms with Crippen LogP contribution >= 0.6 is 0 Å². The predicted molar refractivity (Wildman–Crippen MR) is 72.1 cm³/mol. The maximum atomic E-state index is 10.0. The first-order valence-electron chi connectivity index (χ1n) is 7.39. The minimum atomic E-state index is -1.73. The summed E-state index contributed by atoms with van der Waals surface area (Å²) in [5, 5.41) is 68.5. The normalized spacial score (nSPS) is 52.7. The van der Waals surface area contributed by atoms with Gasteiger partial charge in [0.15, 0.2) is 6.29 Å². The maximum Gasteiger partial charge on any atom is 0.186 e. The van der Waals surface area contributed by atoms with Gasteiger partial charge in [-0.05, 0) is 6.92 Å². The molecule has 2 rings (SSSR count). The van der Waals surface area contributed by atoms with Gasteiger partial charge < -0.3 is 50.0 Å². The topological polar surface area (TPSA) is 169 Å². The van der Waals surface area contributed by atoms with Crippen molar-refractivity contribution in [3.05, 3.63) is 0 Å². The van der Waals surface area contributed by atoms with Gasteiger partial charge in [0.25, 0.3) is 0 Å². The Morgan fingerprint density at radius 3 is 1.96 bits per heavy atom. The molecule has 0 radical (unpaired) electrons. The van der Waals surface area contributed by atoms with Crippen LogP contribution in [0.5, 0.6) is 0 Å². The van der Waals surface area contributed by atoms with Gasteiger partial charge in [0.1, 0.15) is 48.8 Å². The van der Waals surface area contributed by atoms with Crippen molar-refractivity contribution in [1.82, 2.24) is 0 Å². The van der Waals surface area contributed by atoms with Crippen molar-refractivity contribution in [2.75, 3.05) is 13.2 Å². The van der Waals surface area contributed by atoms with E-state index in [2.05, 4.69) is 0 Å². The molecule has 0 amide bonds. The van der Waals surface area contributed by atoms with Crippen LogP contribution in [0.4, 0.5) is 0 Å². The Morgan fingerprint density at radius 1 is 0.696 bits per heavy atom. The van der Waals surface area contributed by atoms with Gasteiger partial charge in [-0.1, -0.05) is 0 Å². The Bertz CT molecular complexity index is 348. The summed E-state index contributed by atoms with van der Waals surface area (Å²) in [5.74, 6) is 0. The molecule has 0 aromatic carbocycles. The van der Waals surface area contributed by atoms with Gasteiger partial charge in [-0.3, -0.25) is 0 Å². The fourth-order valence-electron chi connectivity index (χ4n) is 2.54. The second kappa shape index (κ2) is 7.66. The summed E-state index contributed by atoms with van der Waals surface area (Å²) in [7, 11) is 0. The lowest BCUT2D eigenvalue weighted by Crippen LogP contribution is -2.51. The van der Waals surface area contributed by atoms with Crippen LogP contribution in [0.1, 0.15) is 6.92 Å². The second-order valence-electron chi connectivity index (χ2n) is 5.93. The number of ether oxygens (including phenoxy) is 3. The fraction of sp³-hybridized carbons (Fsp3) is 1.00. The van der Waals surface area contributed by atoms with Crippen LogP contribution in [-0.2, 0) is 14.2 Å². The van der Waals surface area contributed by atoms with E-state index in [9.17, 15) is 35.7 Å². The molecule has 0 aromatic rings. The molecule has 0 unspecified atom stereocenters. The third-order valence-corrected chi connectivity index (χ3v) is 4.20. The molecule has 2 saturated heterocycles. The summed E-state index contributed by atoms with van der Waals surface area (Å²) in [6.45, 7) is 0.895. The summed E-state index contributed by atoms with van der Waals surface area (Å²) < 4.78 is 15.7. The smallest absolute Gasteiger partial charge is 0.186 e. The van der Waals surface area contributed by atoms with Crippen LogP contribution in [0.3, 0.4) is 0 Å². The molecule has 2 fully saturated rings. The van der Waals surface area contributed by atoms with Gasteiger partial charge >= 0.3 is 0 Å². The van der Waals surface area contributed by atoms with Crippen LogP contribution in [0.15, 0.2) is 0 Å². The third kappa shape index (κ3) is 3.99. The lowest BCUT2D eigenvalue weighted by atomic mass is 10.0. The molecule has 0 spiro atoms. The second-order valence-corrected chi connectivity index (χ2v) is 5.93. The predicted octanol–water partition coefficient (Wildman–Crippen LogP) is -4.33. The third-order valence-electron chi connectivity index (χ3n) is 4.20. The van der Waals surface area contributed by atoms with Gasteiger partial charge in [-0.25, -0.2) is 0 Å². The van der Waals surface area contributed by atoms with Crippen LogP contribution in [-0.4, -0.2) is 110 Å². The zero-order valence-electron chi connectivity index (χ0n) is 12.5. The SMILES string of the molecule is C[C@H]1OC[C@@H](O[C@H]2OC[C@@H](O)[C@@H](O)[C@H](O)[C@@H]2O)[C@@H](O)[C@H](O)[C@@H]1O. The summed E-state index contributed by atoms with van der Waals surface area (Å²) in [6.07, 6.45) is -14.2. The van der Waals surface area contributed by atoms with Gasteiger partial charge in [-0.2, -0.15) is 0 Å². The molecule has 0 saturated carbocycles. The van der Waals surface area contributed by atoms with Crippen LogP contribution in [0.2, 0.25) is 0 Å². The molecule has 2 aliphatic heterocycles. The standard InChI is InChI=1S/C13H24O10/c1-4-7(15)10(18)9(17)6(3-21-4)23-13-12(20)11(19)8(16)5(14)2-22-13/h4-20H,2-3H2,1H3/t4-,5-,6-,7-,8-,9-,10-,11+,12+,13-/m1/s1. The number of rotatable bonds is 2. The first-order chi connectivity index (χ1) is 10.7. The molecule has 10 atom stereocenters. The minimum Gasteiger partial charge on any atom is -0.388 e. The Morgan fingerprint density at radius 2 is 1.30 bits per heavy atom. The van der Waals surface area contributed by atoms with E-state index in [4.69, 9.17) is 14.2 Å². The first kappa shape index (κ1) is 18.9. The van der Waals surface area contributed by atoms with Gasteiger partial charge in [0.05, 0.1) is 19.3 Å². The van der Waals surface area contributed by atoms with E-state index in [1.54, 1.807) is 0 Å².